The maximum absolute atomic E-state index is 2.51. The summed E-state index contributed by atoms with van der Waals surface area (Å²) in [5.74, 6) is 0. The van der Waals surface area contributed by atoms with E-state index in [4.69, 9.17) is 0 Å². The number of fused-ring (bicyclic) bond motifs is 6. The summed E-state index contributed by atoms with van der Waals surface area (Å²) in [7, 11) is 0. The second-order valence-electron chi connectivity index (χ2n) is 14.7. The van der Waals surface area contributed by atoms with Crippen LogP contribution in [0.2, 0.25) is 0 Å². The lowest BCUT2D eigenvalue weighted by Gasteiger charge is -2.36. The molecule has 0 spiro atoms. The number of anilines is 3. The van der Waals surface area contributed by atoms with Crippen LogP contribution in [0.3, 0.4) is 0 Å². The van der Waals surface area contributed by atoms with Crippen LogP contribution in [0.25, 0.3) is 22.3 Å². The molecule has 0 radical (unpaired) electrons. The summed E-state index contributed by atoms with van der Waals surface area (Å²) in [6.45, 7) is 11.5. The summed E-state index contributed by atoms with van der Waals surface area (Å²) in [5, 5.41) is 0. The lowest BCUT2D eigenvalue weighted by molar-refractivity contribution is 0.660. The van der Waals surface area contributed by atoms with E-state index < -0.39 is 5.41 Å². The summed E-state index contributed by atoms with van der Waals surface area (Å²) in [6.07, 6.45) is 0. The van der Waals surface area contributed by atoms with E-state index in [1.54, 1.807) is 0 Å². The van der Waals surface area contributed by atoms with Gasteiger partial charge >= 0.3 is 0 Å². The Balaban J connectivity index is 1.34. The molecule has 1 unspecified atom stereocenters. The van der Waals surface area contributed by atoms with Crippen molar-refractivity contribution in [2.75, 3.05) is 4.90 Å². The van der Waals surface area contributed by atoms with Gasteiger partial charge < -0.3 is 4.90 Å². The molecule has 0 N–H and O–H groups in total. The van der Waals surface area contributed by atoms with E-state index in [1.165, 1.54) is 83.7 Å². The van der Waals surface area contributed by atoms with E-state index in [0.29, 0.717) is 0 Å². The highest BCUT2D eigenvalue weighted by molar-refractivity contribution is 5.91. The minimum atomic E-state index is -0.470. The fourth-order valence-corrected chi connectivity index (χ4v) is 9.24. The van der Waals surface area contributed by atoms with Gasteiger partial charge in [0.25, 0.3) is 0 Å². The average Bonchev–Trinajstić information content (AvgIpc) is 3.56. The number of aryl methyl sites for hydroxylation is 3. The molecule has 1 atom stereocenters. The molecule has 242 valence electrons. The Morgan fingerprint density at radius 3 is 1.52 bits per heavy atom. The van der Waals surface area contributed by atoms with Gasteiger partial charge in [0.2, 0.25) is 0 Å². The van der Waals surface area contributed by atoms with E-state index >= 15 is 0 Å². The Hall–Kier alpha value is -5.66. The van der Waals surface area contributed by atoms with E-state index in [2.05, 4.69) is 197 Å². The highest BCUT2D eigenvalue weighted by Crippen LogP contribution is 2.58. The smallest absolute Gasteiger partial charge is 0.0716 e. The third-order valence-electron chi connectivity index (χ3n) is 11.5. The number of nitrogens with zero attached hydrogens (tertiary/aromatic N) is 1. The van der Waals surface area contributed by atoms with Gasteiger partial charge in [-0.2, -0.15) is 0 Å². The maximum Gasteiger partial charge on any atom is 0.0716 e. The first-order valence-electron chi connectivity index (χ1n) is 17.8. The maximum atomic E-state index is 2.51. The number of para-hydroxylation sites is 1. The van der Waals surface area contributed by atoms with Gasteiger partial charge in [-0.3, -0.25) is 0 Å². The van der Waals surface area contributed by atoms with Crippen molar-refractivity contribution in [1.29, 1.82) is 0 Å². The molecule has 0 aromatic heterocycles. The Kier molecular flexibility index (Phi) is 6.80. The van der Waals surface area contributed by atoms with Crippen molar-refractivity contribution in [3.05, 3.63) is 208 Å². The molecule has 1 nitrogen and oxygen atoms in total. The van der Waals surface area contributed by atoms with Gasteiger partial charge in [0.15, 0.2) is 0 Å². The van der Waals surface area contributed by atoms with Crippen LogP contribution in [0.5, 0.6) is 0 Å². The summed E-state index contributed by atoms with van der Waals surface area (Å²) in [5.41, 5.74) is 20.1. The minimum absolute atomic E-state index is 0.0960. The standard InChI is InChI=1S/C49H41N/c1-32-16-9-12-23-42(32)49(35-19-7-6-8-20-35)44-25-14-11-22-39(44)41-29-27-37(31-46(41)49)50(47-33(2)17-15-18-34(47)3)36-26-28-40-38-21-10-13-24-43(38)48(4,5)45(40)30-36/h6-31H,1-5H3. The molecule has 0 bridgehead atoms. The predicted octanol–water partition coefficient (Wildman–Crippen LogP) is 12.8. The van der Waals surface area contributed by atoms with Crippen molar-refractivity contribution in [3.63, 3.8) is 0 Å². The number of rotatable bonds is 5. The van der Waals surface area contributed by atoms with Crippen LogP contribution >= 0.6 is 0 Å². The van der Waals surface area contributed by atoms with Crippen LogP contribution in [-0.4, -0.2) is 0 Å². The minimum Gasteiger partial charge on any atom is -0.310 e. The molecule has 0 amide bonds. The van der Waals surface area contributed by atoms with E-state index in [1.807, 2.05) is 0 Å². The molecule has 2 aliphatic carbocycles. The highest BCUT2D eigenvalue weighted by atomic mass is 15.1. The van der Waals surface area contributed by atoms with Gasteiger partial charge in [0.1, 0.15) is 0 Å². The molecule has 0 aliphatic heterocycles. The molecule has 0 saturated heterocycles. The van der Waals surface area contributed by atoms with Crippen LogP contribution in [0, 0.1) is 20.8 Å². The molecule has 0 heterocycles. The van der Waals surface area contributed by atoms with Crippen LogP contribution in [0.4, 0.5) is 17.1 Å². The molecule has 1 heteroatoms. The Morgan fingerprint density at radius 1 is 0.380 bits per heavy atom. The molecule has 0 saturated carbocycles. The van der Waals surface area contributed by atoms with Crippen molar-refractivity contribution < 1.29 is 0 Å². The molecular weight excluding hydrogens is 603 g/mol. The van der Waals surface area contributed by atoms with Crippen molar-refractivity contribution in [2.45, 2.75) is 45.4 Å². The molecule has 7 aromatic rings. The van der Waals surface area contributed by atoms with E-state index in [0.717, 1.165) is 5.69 Å². The Labute approximate surface area is 296 Å². The molecule has 7 aromatic carbocycles. The first-order chi connectivity index (χ1) is 24.3. The fraction of sp³-hybridized carbons (Fsp3) is 0.143. The van der Waals surface area contributed by atoms with Crippen molar-refractivity contribution in [1.82, 2.24) is 0 Å². The van der Waals surface area contributed by atoms with Crippen LogP contribution in [0.1, 0.15) is 63.9 Å². The lowest BCUT2D eigenvalue weighted by Crippen LogP contribution is -2.29. The number of hydrogen-bond donors (Lipinski definition) is 0. The largest absolute Gasteiger partial charge is 0.310 e. The van der Waals surface area contributed by atoms with Crippen LogP contribution in [-0.2, 0) is 10.8 Å². The summed E-state index contributed by atoms with van der Waals surface area (Å²) in [6, 6.07) is 59.0. The monoisotopic (exact) mass is 643 g/mol. The average molecular weight is 644 g/mol. The van der Waals surface area contributed by atoms with Crippen molar-refractivity contribution in [3.8, 4) is 22.3 Å². The molecular formula is C49H41N. The van der Waals surface area contributed by atoms with Crippen molar-refractivity contribution in [2.24, 2.45) is 0 Å². The third kappa shape index (κ3) is 4.19. The van der Waals surface area contributed by atoms with Crippen molar-refractivity contribution >= 4 is 17.1 Å². The lowest BCUT2D eigenvalue weighted by atomic mass is 9.66. The second kappa shape index (κ2) is 11.2. The normalized spacial score (nSPS) is 16.3. The summed E-state index contributed by atoms with van der Waals surface area (Å²) >= 11 is 0. The van der Waals surface area contributed by atoms with Gasteiger partial charge in [-0.05, 0) is 117 Å². The predicted molar refractivity (Wildman–Crippen MR) is 210 cm³/mol. The second-order valence-corrected chi connectivity index (χ2v) is 14.7. The summed E-state index contributed by atoms with van der Waals surface area (Å²) in [4.78, 5) is 2.51. The van der Waals surface area contributed by atoms with E-state index in [-0.39, 0.29) is 5.41 Å². The van der Waals surface area contributed by atoms with Gasteiger partial charge in [0, 0.05) is 16.8 Å². The Bertz CT molecular complexity index is 2430. The van der Waals surface area contributed by atoms with Crippen LogP contribution in [0.15, 0.2) is 158 Å². The zero-order valence-corrected chi connectivity index (χ0v) is 29.5. The highest BCUT2D eigenvalue weighted by Gasteiger charge is 2.47. The summed E-state index contributed by atoms with van der Waals surface area (Å²) < 4.78 is 0. The van der Waals surface area contributed by atoms with Gasteiger partial charge in [-0.1, -0.05) is 147 Å². The zero-order chi connectivity index (χ0) is 34.2. The molecule has 0 fully saturated rings. The van der Waals surface area contributed by atoms with Crippen LogP contribution < -0.4 is 4.90 Å². The fourth-order valence-electron chi connectivity index (χ4n) is 9.24. The van der Waals surface area contributed by atoms with Gasteiger partial charge in [-0.25, -0.2) is 0 Å². The first kappa shape index (κ1) is 30.4. The quantitative estimate of drug-likeness (QED) is 0.180. The topological polar surface area (TPSA) is 3.24 Å². The molecule has 2 aliphatic rings. The first-order valence-corrected chi connectivity index (χ1v) is 17.8. The third-order valence-corrected chi connectivity index (χ3v) is 11.5. The van der Waals surface area contributed by atoms with E-state index in [9.17, 15) is 0 Å². The number of hydrogen-bond acceptors (Lipinski definition) is 1. The Morgan fingerprint density at radius 2 is 0.860 bits per heavy atom. The van der Waals surface area contributed by atoms with Gasteiger partial charge in [0.05, 0.1) is 11.1 Å². The SMILES string of the molecule is Cc1ccccc1C1(c2ccccc2)c2ccccc2-c2ccc(N(c3ccc4c(c3)C(C)(C)c3ccccc3-4)c3c(C)cccc3C)cc21. The molecule has 9 rings (SSSR count). The number of benzene rings is 7. The van der Waals surface area contributed by atoms with Gasteiger partial charge in [-0.15, -0.1) is 0 Å². The molecule has 50 heavy (non-hydrogen) atoms. The zero-order valence-electron chi connectivity index (χ0n) is 29.5.